The zero-order valence-corrected chi connectivity index (χ0v) is 17.0. The summed E-state index contributed by atoms with van der Waals surface area (Å²) in [5.41, 5.74) is 1.65. The molecule has 9 heteroatoms. The number of benzene rings is 2. The lowest BCUT2D eigenvalue weighted by molar-refractivity contribution is 0.0628. The highest BCUT2D eigenvalue weighted by Gasteiger charge is 2.23. The third kappa shape index (κ3) is 5.09. The van der Waals surface area contributed by atoms with E-state index in [2.05, 4.69) is 9.74 Å². The SMILES string of the molecule is CONS(=O)(=O)c1ccc(C(=O)N2CCN(Cc3ccc(Cl)cc3)CC2)cc1. The van der Waals surface area contributed by atoms with E-state index in [0.717, 1.165) is 24.7 Å². The highest BCUT2D eigenvalue weighted by molar-refractivity contribution is 7.89. The lowest BCUT2D eigenvalue weighted by atomic mass is 10.1. The number of amides is 1. The van der Waals surface area contributed by atoms with Crippen LogP contribution in [0.5, 0.6) is 0 Å². The number of hydrogen-bond donors (Lipinski definition) is 1. The predicted molar refractivity (Wildman–Crippen MR) is 106 cm³/mol. The van der Waals surface area contributed by atoms with Crippen LogP contribution in [0.4, 0.5) is 0 Å². The number of carbonyl (C=O) groups excluding carboxylic acids is 1. The van der Waals surface area contributed by atoms with E-state index in [1.807, 2.05) is 29.2 Å². The van der Waals surface area contributed by atoms with Crippen LogP contribution < -0.4 is 4.89 Å². The maximum absolute atomic E-state index is 12.7. The summed E-state index contributed by atoms with van der Waals surface area (Å²) in [4.78, 5) is 23.2. The van der Waals surface area contributed by atoms with E-state index in [1.165, 1.54) is 36.9 Å². The standard InChI is InChI=1S/C19H22ClN3O4S/c1-27-21-28(25,26)18-8-4-16(5-9-18)19(24)23-12-10-22(11-13-23)14-15-2-6-17(20)7-3-15/h2-9,21H,10-14H2,1H3. The van der Waals surface area contributed by atoms with Crippen LogP contribution in [0.15, 0.2) is 53.4 Å². The second kappa shape index (κ2) is 9.02. The van der Waals surface area contributed by atoms with Gasteiger partial charge in [0, 0.05) is 43.3 Å². The number of halogens is 1. The highest BCUT2D eigenvalue weighted by Crippen LogP contribution is 2.16. The van der Waals surface area contributed by atoms with Crippen LogP contribution in [0.1, 0.15) is 15.9 Å². The zero-order chi connectivity index (χ0) is 20.1. The van der Waals surface area contributed by atoms with E-state index in [1.54, 1.807) is 4.90 Å². The molecule has 0 saturated carbocycles. The van der Waals surface area contributed by atoms with E-state index in [-0.39, 0.29) is 10.8 Å². The van der Waals surface area contributed by atoms with E-state index in [9.17, 15) is 13.2 Å². The van der Waals surface area contributed by atoms with Crippen LogP contribution in [0.25, 0.3) is 0 Å². The van der Waals surface area contributed by atoms with Crippen LogP contribution in [0.2, 0.25) is 5.02 Å². The lowest BCUT2D eigenvalue weighted by Gasteiger charge is -2.34. The van der Waals surface area contributed by atoms with E-state index in [0.29, 0.717) is 18.7 Å². The molecule has 1 saturated heterocycles. The Balaban J connectivity index is 1.57. The summed E-state index contributed by atoms with van der Waals surface area (Å²) in [6, 6.07) is 13.6. The summed E-state index contributed by atoms with van der Waals surface area (Å²) in [6.45, 7) is 3.62. The van der Waals surface area contributed by atoms with Crippen LogP contribution in [-0.4, -0.2) is 57.4 Å². The number of hydrogen-bond acceptors (Lipinski definition) is 5. The molecule has 1 fully saturated rings. The van der Waals surface area contributed by atoms with Crippen molar-refractivity contribution in [2.75, 3.05) is 33.3 Å². The Morgan fingerprint density at radius 3 is 2.21 bits per heavy atom. The first-order valence-corrected chi connectivity index (χ1v) is 10.7. The molecule has 0 unspecified atom stereocenters. The number of nitrogens with one attached hydrogen (secondary N) is 1. The van der Waals surface area contributed by atoms with Crippen molar-refractivity contribution in [3.8, 4) is 0 Å². The van der Waals surface area contributed by atoms with Crippen molar-refractivity contribution in [1.82, 2.24) is 14.7 Å². The number of carbonyl (C=O) groups is 1. The molecule has 0 atom stereocenters. The topological polar surface area (TPSA) is 78.9 Å². The van der Waals surface area contributed by atoms with Crippen molar-refractivity contribution in [2.24, 2.45) is 0 Å². The Hall–Kier alpha value is -1.97. The highest BCUT2D eigenvalue weighted by atomic mass is 35.5. The average Bonchev–Trinajstić information content (AvgIpc) is 2.70. The van der Waals surface area contributed by atoms with Gasteiger partial charge in [-0.05, 0) is 42.0 Å². The maximum Gasteiger partial charge on any atom is 0.262 e. The van der Waals surface area contributed by atoms with Gasteiger partial charge < -0.3 is 4.90 Å². The molecule has 0 bridgehead atoms. The minimum atomic E-state index is -3.73. The molecule has 0 aliphatic carbocycles. The molecule has 2 aromatic rings. The van der Waals surface area contributed by atoms with Gasteiger partial charge in [0.05, 0.1) is 12.0 Å². The van der Waals surface area contributed by atoms with Gasteiger partial charge in [-0.15, -0.1) is 0 Å². The van der Waals surface area contributed by atoms with Crippen molar-refractivity contribution >= 4 is 27.5 Å². The van der Waals surface area contributed by atoms with Gasteiger partial charge in [-0.2, -0.15) is 0 Å². The zero-order valence-electron chi connectivity index (χ0n) is 15.5. The first-order chi connectivity index (χ1) is 13.4. The molecule has 2 aromatic carbocycles. The second-order valence-electron chi connectivity index (χ2n) is 6.51. The molecule has 150 valence electrons. The van der Waals surface area contributed by atoms with Gasteiger partial charge in [-0.3, -0.25) is 14.5 Å². The quantitative estimate of drug-likeness (QED) is 0.720. The first kappa shape index (κ1) is 20.8. The largest absolute Gasteiger partial charge is 0.336 e. The van der Waals surface area contributed by atoms with Crippen LogP contribution in [0.3, 0.4) is 0 Å². The average molecular weight is 424 g/mol. The van der Waals surface area contributed by atoms with Gasteiger partial charge in [0.1, 0.15) is 0 Å². The fourth-order valence-corrected chi connectivity index (χ4v) is 4.01. The summed E-state index contributed by atoms with van der Waals surface area (Å²) >= 11 is 5.92. The molecule has 3 rings (SSSR count). The minimum Gasteiger partial charge on any atom is -0.336 e. The molecule has 1 aliphatic heterocycles. The molecule has 0 radical (unpaired) electrons. The van der Waals surface area contributed by atoms with Crippen molar-refractivity contribution in [3.05, 3.63) is 64.7 Å². The molecule has 1 N–H and O–H groups in total. The summed E-state index contributed by atoms with van der Waals surface area (Å²) in [5, 5.41) is 0.719. The van der Waals surface area contributed by atoms with Gasteiger partial charge in [0.25, 0.3) is 15.9 Å². The van der Waals surface area contributed by atoms with Crippen molar-refractivity contribution in [1.29, 1.82) is 0 Å². The molecule has 1 aliphatic rings. The molecule has 0 aromatic heterocycles. The Morgan fingerprint density at radius 2 is 1.64 bits per heavy atom. The Bertz CT molecular complexity index is 909. The predicted octanol–water partition coefficient (Wildman–Crippen LogP) is 2.14. The van der Waals surface area contributed by atoms with Crippen molar-refractivity contribution in [3.63, 3.8) is 0 Å². The van der Waals surface area contributed by atoms with Gasteiger partial charge in [-0.1, -0.05) is 28.6 Å². The molecule has 28 heavy (non-hydrogen) atoms. The Morgan fingerprint density at radius 1 is 1.04 bits per heavy atom. The Labute approximate surface area is 169 Å². The minimum absolute atomic E-state index is 0.0404. The number of sulfonamides is 1. The van der Waals surface area contributed by atoms with Crippen LogP contribution in [-0.2, 0) is 21.4 Å². The number of rotatable bonds is 6. The van der Waals surface area contributed by atoms with Gasteiger partial charge >= 0.3 is 0 Å². The van der Waals surface area contributed by atoms with Gasteiger partial charge in [0.15, 0.2) is 0 Å². The molecule has 1 heterocycles. The molecular weight excluding hydrogens is 402 g/mol. The van der Waals surface area contributed by atoms with E-state index >= 15 is 0 Å². The van der Waals surface area contributed by atoms with Crippen molar-refractivity contribution in [2.45, 2.75) is 11.4 Å². The van der Waals surface area contributed by atoms with Gasteiger partial charge in [0.2, 0.25) is 0 Å². The smallest absolute Gasteiger partial charge is 0.262 e. The lowest BCUT2D eigenvalue weighted by Crippen LogP contribution is -2.48. The van der Waals surface area contributed by atoms with E-state index in [4.69, 9.17) is 11.6 Å². The van der Waals surface area contributed by atoms with Gasteiger partial charge in [-0.25, -0.2) is 8.42 Å². The second-order valence-corrected chi connectivity index (χ2v) is 8.59. The monoisotopic (exact) mass is 423 g/mol. The summed E-state index contributed by atoms with van der Waals surface area (Å²) in [6.07, 6.45) is 0. The summed E-state index contributed by atoms with van der Waals surface area (Å²) < 4.78 is 23.8. The molecule has 7 nitrogen and oxygen atoms in total. The summed E-state index contributed by atoms with van der Waals surface area (Å²) in [5.74, 6) is -0.102. The number of piperazine rings is 1. The normalized spacial score (nSPS) is 15.6. The number of nitrogens with zero attached hydrogens (tertiary/aromatic N) is 2. The molecule has 0 spiro atoms. The molecular formula is C19H22ClN3O4S. The maximum atomic E-state index is 12.7. The third-order valence-corrected chi connectivity index (χ3v) is 6.11. The van der Waals surface area contributed by atoms with Crippen LogP contribution in [0, 0.1) is 0 Å². The fourth-order valence-electron chi connectivity index (χ4n) is 3.07. The van der Waals surface area contributed by atoms with E-state index < -0.39 is 10.0 Å². The third-order valence-electron chi connectivity index (χ3n) is 4.58. The fraction of sp³-hybridized carbons (Fsp3) is 0.316. The Kier molecular flexibility index (Phi) is 6.69. The molecule has 1 amide bonds. The van der Waals surface area contributed by atoms with Crippen molar-refractivity contribution < 1.29 is 18.0 Å². The van der Waals surface area contributed by atoms with Crippen LogP contribution >= 0.6 is 11.6 Å². The first-order valence-electron chi connectivity index (χ1n) is 8.80. The summed E-state index contributed by atoms with van der Waals surface area (Å²) in [7, 11) is -2.51.